The molecule has 2 fully saturated rings. The smallest absolute Gasteiger partial charge is 0.157 e. The number of halogens is 1. The first kappa shape index (κ1) is 15.4. The first-order valence-electron chi connectivity index (χ1n) is 7.81. The summed E-state index contributed by atoms with van der Waals surface area (Å²) in [6.45, 7) is 4.55. The van der Waals surface area contributed by atoms with E-state index in [-0.39, 0.29) is 6.04 Å². The lowest BCUT2D eigenvalue weighted by Gasteiger charge is -2.35. The van der Waals surface area contributed by atoms with Crippen molar-refractivity contribution in [1.29, 1.82) is 0 Å². The van der Waals surface area contributed by atoms with Gasteiger partial charge in [0.1, 0.15) is 0 Å². The summed E-state index contributed by atoms with van der Waals surface area (Å²) in [4.78, 5) is 4.90. The number of nitrogens with one attached hydrogen (secondary N) is 1. The predicted molar refractivity (Wildman–Crippen MR) is 95.9 cm³/mol. The van der Waals surface area contributed by atoms with Crippen LogP contribution in [0.4, 0.5) is 0 Å². The molecule has 1 unspecified atom stereocenters. The summed E-state index contributed by atoms with van der Waals surface area (Å²) in [6, 6.07) is 8.69. The molecule has 1 heterocycles. The molecule has 0 aromatic heterocycles. The highest BCUT2D eigenvalue weighted by Gasteiger charge is 2.39. The molecule has 1 spiro atoms. The number of benzene rings is 1. The van der Waals surface area contributed by atoms with E-state index in [1.807, 2.05) is 11.8 Å². The highest BCUT2D eigenvalue weighted by atomic mass is 79.9. The summed E-state index contributed by atoms with van der Waals surface area (Å²) < 4.78 is 1.12. The van der Waals surface area contributed by atoms with E-state index in [9.17, 15) is 0 Å². The first-order chi connectivity index (χ1) is 10.1. The molecule has 0 amide bonds. The monoisotopic (exact) mass is 366 g/mol. The second kappa shape index (κ2) is 6.33. The van der Waals surface area contributed by atoms with E-state index >= 15 is 0 Å². The summed E-state index contributed by atoms with van der Waals surface area (Å²) in [5.41, 5.74) is 1.60. The van der Waals surface area contributed by atoms with Gasteiger partial charge in [0.2, 0.25) is 0 Å². The summed E-state index contributed by atoms with van der Waals surface area (Å²) in [6.07, 6.45) is 5.30. The molecule has 1 aliphatic carbocycles. The van der Waals surface area contributed by atoms with Gasteiger partial charge in [0.15, 0.2) is 5.17 Å². The summed E-state index contributed by atoms with van der Waals surface area (Å²) in [7, 11) is 0. The van der Waals surface area contributed by atoms with Crippen LogP contribution in [0.15, 0.2) is 33.7 Å². The number of hydrogen-bond acceptors (Lipinski definition) is 2. The summed E-state index contributed by atoms with van der Waals surface area (Å²) in [5.74, 6) is 2.08. The molecule has 1 aliphatic heterocycles. The molecular formula is C17H23BrN2S. The highest BCUT2D eigenvalue weighted by Crippen LogP contribution is 2.38. The van der Waals surface area contributed by atoms with Gasteiger partial charge in [0.05, 0.1) is 6.04 Å². The third kappa shape index (κ3) is 3.65. The van der Waals surface area contributed by atoms with Gasteiger partial charge < -0.3 is 5.32 Å². The SMILES string of the molecule is CC1CCC2(CC1)CSC(=NC(C)c1ccc(Br)cc1)N2. The Kier molecular flexibility index (Phi) is 4.65. The van der Waals surface area contributed by atoms with E-state index in [4.69, 9.17) is 4.99 Å². The maximum atomic E-state index is 4.90. The lowest BCUT2D eigenvalue weighted by atomic mass is 9.78. The van der Waals surface area contributed by atoms with E-state index in [2.05, 4.69) is 59.4 Å². The van der Waals surface area contributed by atoms with Crippen molar-refractivity contribution in [1.82, 2.24) is 5.32 Å². The standard InChI is InChI=1S/C17H23BrN2S/c1-12-7-9-17(10-8-12)11-21-16(20-17)19-13(2)14-3-5-15(18)6-4-14/h3-6,12-13H,7-11H2,1-2H3,(H,19,20). The zero-order valence-electron chi connectivity index (χ0n) is 12.7. The van der Waals surface area contributed by atoms with Crippen molar-refractivity contribution in [3.8, 4) is 0 Å². The third-order valence-corrected chi connectivity index (χ3v) is 6.46. The average molecular weight is 367 g/mol. The minimum Gasteiger partial charge on any atom is -0.359 e. The summed E-state index contributed by atoms with van der Waals surface area (Å²) >= 11 is 5.39. The third-order valence-electron chi connectivity index (χ3n) is 4.75. The minimum atomic E-state index is 0.214. The van der Waals surface area contributed by atoms with Crippen molar-refractivity contribution in [3.05, 3.63) is 34.3 Å². The maximum Gasteiger partial charge on any atom is 0.157 e. The Morgan fingerprint density at radius 1 is 1.29 bits per heavy atom. The van der Waals surface area contributed by atoms with E-state index in [0.717, 1.165) is 15.6 Å². The number of amidine groups is 1. The van der Waals surface area contributed by atoms with E-state index in [1.54, 1.807) is 0 Å². The Hall–Kier alpha value is -0.480. The van der Waals surface area contributed by atoms with Gasteiger partial charge in [-0.2, -0.15) is 0 Å². The largest absolute Gasteiger partial charge is 0.359 e. The molecule has 0 bridgehead atoms. The van der Waals surface area contributed by atoms with Crippen molar-refractivity contribution in [2.24, 2.45) is 10.9 Å². The molecule has 1 N–H and O–H groups in total. The van der Waals surface area contributed by atoms with Gasteiger partial charge in [-0.05, 0) is 56.2 Å². The Morgan fingerprint density at radius 3 is 2.62 bits per heavy atom. The molecule has 2 aliphatic rings. The van der Waals surface area contributed by atoms with Crippen molar-refractivity contribution in [2.75, 3.05) is 5.75 Å². The lowest BCUT2D eigenvalue weighted by molar-refractivity contribution is 0.250. The fourth-order valence-electron chi connectivity index (χ4n) is 3.15. The zero-order valence-corrected chi connectivity index (χ0v) is 15.1. The van der Waals surface area contributed by atoms with Gasteiger partial charge in [-0.25, -0.2) is 0 Å². The van der Waals surface area contributed by atoms with Gasteiger partial charge in [-0.3, -0.25) is 4.99 Å². The van der Waals surface area contributed by atoms with E-state index < -0.39 is 0 Å². The van der Waals surface area contributed by atoms with Crippen molar-refractivity contribution in [2.45, 2.75) is 51.1 Å². The first-order valence-corrected chi connectivity index (χ1v) is 9.58. The van der Waals surface area contributed by atoms with E-state index in [0.29, 0.717) is 5.54 Å². The quantitative estimate of drug-likeness (QED) is 0.782. The van der Waals surface area contributed by atoms with Gasteiger partial charge in [-0.1, -0.05) is 46.7 Å². The van der Waals surface area contributed by atoms with Crippen LogP contribution >= 0.6 is 27.7 Å². The second-order valence-electron chi connectivity index (χ2n) is 6.54. The highest BCUT2D eigenvalue weighted by molar-refractivity contribution is 9.10. The lowest BCUT2D eigenvalue weighted by Crippen LogP contribution is -2.46. The zero-order chi connectivity index (χ0) is 14.9. The Balaban J connectivity index is 1.66. The van der Waals surface area contributed by atoms with Crippen LogP contribution < -0.4 is 5.32 Å². The van der Waals surface area contributed by atoms with Gasteiger partial charge in [-0.15, -0.1) is 0 Å². The van der Waals surface area contributed by atoms with Gasteiger partial charge >= 0.3 is 0 Å². The van der Waals surface area contributed by atoms with E-state index in [1.165, 1.54) is 37.0 Å². The molecule has 1 saturated heterocycles. The fourth-order valence-corrected chi connectivity index (χ4v) is 4.71. The molecule has 4 heteroatoms. The van der Waals surface area contributed by atoms with Crippen LogP contribution in [-0.2, 0) is 0 Å². The average Bonchev–Trinajstić information content (AvgIpc) is 2.86. The van der Waals surface area contributed by atoms with Crippen LogP contribution in [0.3, 0.4) is 0 Å². The van der Waals surface area contributed by atoms with Crippen LogP contribution in [0.1, 0.15) is 51.1 Å². The van der Waals surface area contributed by atoms with Crippen LogP contribution in [0.5, 0.6) is 0 Å². The minimum absolute atomic E-state index is 0.214. The number of hydrogen-bond donors (Lipinski definition) is 1. The number of thioether (sulfide) groups is 1. The van der Waals surface area contributed by atoms with Crippen LogP contribution in [0.2, 0.25) is 0 Å². The molecule has 2 nitrogen and oxygen atoms in total. The molecule has 3 rings (SSSR count). The number of nitrogens with zero attached hydrogens (tertiary/aromatic N) is 1. The molecule has 1 atom stereocenters. The van der Waals surface area contributed by atoms with Crippen LogP contribution in [0.25, 0.3) is 0 Å². The normalized spacial score (nSPS) is 32.3. The molecule has 0 radical (unpaired) electrons. The molecule has 21 heavy (non-hydrogen) atoms. The molecule has 1 aromatic rings. The molecule has 114 valence electrons. The number of aliphatic imine (C=N–C) groups is 1. The number of rotatable bonds is 2. The van der Waals surface area contributed by atoms with Crippen molar-refractivity contribution >= 4 is 32.9 Å². The fraction of sp³-hybridized carbons (Fsp3) is 0.588. The van der Waals surface area contributed by atoms with Crippen LogP contribution in [0, 0.1) is 5.92 Å². The molecular weight excluding hydrogens is 344 g/mol. The Labute approximate surface area is 140 Å². The maximum absolute atomic E-state index is 4.90. The molecule has 1 aromatic carbocycles. The van der Waals surface area contributed by atoms with Gasteiger partial charge in [0.25, 0.3) is 0 Å². The Morgan fingerprint density at radius 2 is 1.95 bits per heavy atom. The van der Waals surface area contributed by atoms with Crippen LogP contribution in [-0.4, -0.2) is 16.5 Å². The van der Waals surface area contributed by atoms with Crippen molar-refractivity contribution < 1.29 is 0 Å². The van der Waals surface area contributed by atoms with Gasteiger partial charge in [0, 0.05) is 15.8 Å². The predicted octanol–water partition coefficient (Wildman–Crippen LogP) is 5.15. The topological polar surface area (TPSA) is 24.4 Å². The second-order valence-corrected chi connectivity index (χ2v) is 8.42. The van der Waals surface area contributed by atoms with Crippen molar-refractivity contribution in [3.63, 3.8) is 0 Å². The Bertz CT molecular complexity index is 518. The summed E-state index contributed by atoms with van der Waals surface area (Å²) in [5, 5.41) is 4.88. The molecule has 1 saturated carbocycles.